The molecule has 3 amide bonds. The van der Waals surface area contributed by atoms with Gasteiger partial charge >= 0.3 is 12.0 Å². The zero-order chi connectivity index (χ0) is 11.3. The van der Waals surface area contributed by atoms with E-state index < -0.39 is 12.0 Å². The zero-order valence-electron chi connectivity index (χ0n) is 8.28. The van der Waals surface area contributed by atoms with Crippen LogP contribution < -0.4 is 10.6 Å². The number of aliphatic carboxylic acids is 1. The van der Waals surface area contributed by atoms with Crippen molar-refractivity contribution in [2.45, 2.75) is 25.7 Å². The van der Waals surface area contributed by atoms with Gasteiger partial charge in [-0.05, 0) is 18.8 Å². The summed E-state index contributed by atoms with van der Waals surface area (Å²) in [6, 6.07) is -0.623. The van der Waals surface area contributed by atoms with Crippen LogP contribution in [0.4, 0.5) is 4.79 Å². The predicted molar refractivity (Wildman–Crippen MR) is 51.1 cm³/mol. The fourth-order valence-electron chi connectivity index (χ4n) is 1.09. The summed E-state index contributed by atoms with van der Waals surface area (Å²) in [6.07, 6.45) is 2.33. The highest BCUT2D eigenvalue weighted by atomic mass is 16.4. The summed E-state index contributed by atoms with van der Waals surface area (Å²) in [7, 11) is 0. The molecular formula is C9H14N2O4. The van der Waals surface area contributed by atoms with E-state index in [2.05, 4.69) is 10.6 Å². The van der Waals surface area contributed by atoms with Crippen molar-refractivity contribution in [2.75, 3.05) is 6.54 Å². The molecule has 1 rings (SSSR count). The maximum atomic E-state index is 11.1. The summed E-state index contributed by atoms with van der Waals surface area (Å²) in [6.45, 7) is 0.0257. The van der Waals surface area contributed by atoms with Crippen molar-refractivity contribution in [1.29, 1.82) is 0 Å². The monoisotopic (exact) mass is 214 g/mol. The summed E-state index contributed by atoms with van der Waals surface area (Å²) in [5.41, 5.74) is 0. The molecule has 1 aliphatic carbocycles. The average Bonchev–Trinajstić information content (AvgIpc) is 2.86. The highest BCUT2D eigenvalue weighted by Crippen LogP contribution is 2.31. The van der Waals surface area contributed by atoms with Gasteiger partial charge in [0, 0.05) is 13.0 Å². The van der Waals surface area contributed by atoms with Crippen molar-refractivity contribution in [3.05, 3.63) is 0 Å². The zero-order valence-corrected chi connectivity index (χ0v) is 8.28. The molecule has 0 spiro atoms. The molecule has 1 saturated carbocycles. The molecule has 6 heteroatoms. The number of nitrogens with one attached hydrogen (secondary N) is 2. The Morgan fingerprint density at radius 3 is 2.47 bits per heavy atom. The van der Waals surface area contributed by atoms with Crippen molar-refractivity contribution in [3.63, 3.8) is 0 Å². The molecule has 1 aliphatic rings. The SMILES string of the molecule is O=C(O)CCNC(=O)NC(=O)CC1CC1. The lowest BCUT2D eigenvalue weighted by molar-refractivity contribution is -0.136. The summed E-state index contributed by atoms with van der Waals surface area (Å²) in [4.78, 5) is 32.2. The van der Waals surface area contributed by atoms with Crippen molar-refractivity contribution in [2.24, 2.45) is 5.92 Å². The largest absolute Gasteiger partial charge is 0.481 e. The maximum Gasteiger partial charge on any atom is 0.321 e. The van der Waals surface area contributed by atoms with E-state index in [0.717, 1.165) is 12.8 Å². The molecule has 0 aromatic rings. The Balaban J connectivity index is 2.06. The van der Waals surface area contributed by atoms with Gasteiger partial charge in [0.1, 0.15) is 0 Å². The molecule has 0 radical (unpaired) electrons. The van der Waals surface area contributed by atoms with Crippen molar-refractivity contribution in [1.82, 2.24) is 10.6 Å². The Morgan fingerprint density at radius 2 is 1.93 bits per heavy atom. The Morgan fingerprint density at radius 1 is 1.27 bits per heavy atom. The van der Waals surface area contributed by atoms with E-state index in [1.807, 2.05) is 0 Å². The van der Waals surface area contributed by atoms with Gasteiger partial charge in [0.2, 0.25) is 5.91 Å². The number of imide groups is 1. The first-order valence-corrected chi connectivity index (χ1v) is 4.87. The normalized spacial score (nSPS) is 14.4. The molecule has 0 aromatic heterocycles. The minimum Gasteiger partial charge on any atom is -0.481 e. The van der Waals surface area contributed by atoms with Gasteiger partial charge in [0.05, 0.1) is 6.42 Å². The van der Waals surface area contributed by atoms with Gasteiger partial charge in [-0.1, -0.05) is 0 Å². The first-order valence-electron chi connectivity index (χ1n) is 4.87. The average molecular weight is 214 g/mol. The van der Waals surface area contributed by atoms with Crippen LogP contribution in [0.3, 0.4) is 0 Å². The summed E-state index contributed by atoms with van der Waals surface area (Å²) >= 11 is 0. The van der Waals surface area contributed by atoms with E-state index >= 15 is 0 Å². The summed E-state index contributed by atoms with van der Waals surface area (Å²) in [5, 5.41) is 12.7. The first-order chi connectivity index (χ1) is 7.08. The molecular weight excluding hydrogens is 200 g/mol. The van der Waals surface area contributed by atoms with Gasteiger partial charge in [-0.15, -0.1) is 0 Å². The van der Waals surface area contributed by atoms with Crippen molar-refractivity contribution < 1.29 is 19.5 Å². The van der Waals surface area contributed by atoms with Crippen molar-refractivity contribution >= 4 is 17.9 Å². The number of amides is 3. The molecule has 1 fully saturated rings. The van der Waals surface area contributed by atoms with Crippen LogP contribution in [0.1, 0.15) is 25.7 Å². The molecule has 0 unspecified atom stereocenters. The van der Waals surface area contributed by atoms with E-state index in [1.54, 1.807) is 0 Å². The highest BCUT2D eigenvalue weighted by Gasteiger charge is 2.24. The number of carbonyl (C=O) groups is 3. The lowest BCUT2D eigenvalue weighted by Gasteiger charge is -2.04. The summed E-state index contributed by atoms with van der Waals surface area (Å²) < 4.78 is 0. The Hall–Kier alpha value is -1.59. The van der Waals surface area contributed by atoms with Gasteiger partial charge in [-0.2, -0.15) is 0 Å². The lowest BCUT2D eigenvalue weighted by Crippen LogP contribution is -2.40. The number of carboxylic acid groups (broad SMARTS) is 1. The molecule has 0 saturated heterocycles. The molecule has 3 N–H and O–H groups in total. The van der Waals surface area contributed by atoms with Gasteiger partial charge < -0.3 is 10.4 Å². The standard InChI is InChI=1S/C9H14N2O4/c12-7(5-6-1-2-6)11-9(15)10-4-3-8(13)14/h6H,1-5H2,(H,13,14)(H2,10,11,12,15). The highest BCUT2D eigenvalue weighted by molar-refractivity contribution is 5.94. The minimum atomic E-state index is -0.986. The lowest BCUT2D eigenvalue weighted by atomic mass is 10.3. The third-order valence-corrected chi connectivity index (χ3v) is 2.05. The van der Waals surface area contributed by atoms with Crippen LogP contribution in [0.2, 0.25) is 0 Å². The van der Waals surface area contributed by atoms with Crippen LogP contribution >= 0.6 is 0 Å². The second kappa shape index (κ2) is 5.33. The quantitative estimate of drug-likeness (QED) is 0.604. The second-order valence-corrected chi connectivity index (χ2v) is 3.60. The molecule has 0 atom stereocenters. The van der Waals surface area contributed by atoms with E-state index in [9.17, 15) is 14.4 Å². The Kier molecular flexibility index (Phi) is 4.08. The second-order valence-electron chi connectivity index (χ2n) is 3.60. The Bertz CT molecular complexity index is 273. The van der Waals surface area contributed by atoms with Crippen LogP contribution in [-0.2, 0) is 9.59 Å². The van der Waals surface area contributed by atoms with Gasteiger partial charge in [0.15, 0.2) is 0 Å². The minimum absolute atomic E-state index is 0.0257. The number of carbonyl (C=O) groups excluding carboxylic acids is 2. The predicted octanol–water partition coefficient (Wildman–Crippen LogP) is 0.0870. The molecule has 0 aromatic carbocycles. The van der Waals surface area contributed by atoms with Gasteiger partial charge in [0.25, 0.3) is 0 Å². The number of rotatable bonds is 5. The topological polar surface area (TPSA) is 95.5 Å². The smallest absolute Gasteiger partial charge is 0.321 e. The van der Waals surface area contributed by atoms with Crippen LogP contribution in [0.15, 0.2) is 0 Å². The van der Waals surface area contributed by atoms with Crippen LogP contribution in [-0.4, -0.2) is 29.6 Å². The van der Waals surface area contributed by atoms with Crippen LogP contribution in [0.5, 0.6) is 0 Å². The van der Waals surface area contributed by atoms with E-state index in [-0.39, 0.29) is 18.9 Å². The number of urea groups is 1. The Labute approximate surface area is 87.0 Å². The number of hydrogen-bond acceptors (Lipinski definition) is 3. The molecule has 15 heavy (non-hydrogen) atoms. The van der Waals surface area contributed by atoms with E-state index in [4.69, 9.17) is 5.11 Å². The molecule has 0 heterocycles. The third-order valence-electron chi connectivity index (χ3n) is 2.05. The van der Waals surface area contributed by atoms with E-state index in [1.165, 1.54) is 0 Å². The molecule has 0 aliphatic heterocycles. The summed E-state index contributed by atoms with van der Waals surface area (Å²) in [5.74, 6) is -0.859. The maximum absolute atomic E-state index is 11.1. The van der Waals surface area contributed by atoms with Gasteiger partial charge in [-0.3, -0.25) is 14.9 Å². The van der Waals surface area contributed by atoms with Crippen LogP contribution in [0.25, 0.3) is 0 Å². The number of carboxylic acids is 1. The molecule has 0 bridgehead atoms. The fourth-order valence-corrected chi connectivity index (χ4v) is 1.09. The first kappa shape index (κ1) is 11.5. The van der Waals surface area contributed by atoms with E-state index in [0.29, 0.717) is 12.3 Å². The van der Waals surface area contributed by atoms with Crippen molar-refractivity contribution in [3.8, 4) is 0 Å². The van der Waals surface area contributed by atoms with Gasteiger partial charge in [-0.25, -0.2) is 4.79 Å². The molecule has 84 valence electrons. The van der Waals surface area contributed by atoms with Crippen LogP contribution in [0, 0.1) is 5.92 Å². The third kappa shape index (κ3) is 5.66. The number of hydrogen-bond donors (Lipinski definition) is 3. The fraction of sp³-hybridized carbons (Fsp3) is 0.667. The molecule has 6 nitrogen and oxygen atoms in total.